The summed E-state index contributed by atoms with van der Waals surface area (Å²) in [6.45, 7) is 4.81. The quantitative estimate of drug-likeness (QED) is 0.405. The van der Waals surface area contributed by atoms with E-state index >= 15 is 4.39 Å². The van der Waals surface area contributed by atoms with Crippen LogP contribution in [-0.4, -0.2) is 33.4 Å². The van der Waals surface area contributed by atoms with Gasteiger partial charge in [-0.25, -0.2) is 16.8 Å². The smallest absolute Gasteiger partial charge is 0.371 e. The summed E-state index contributed by atoms with van der Waals surface area (Å²) in [4.78, 5) is 0. The third-order valence-corrected chi connectivity index (χ3v) is 6.97. The number of anilines is 1. The third-order valence-electron chi connectivity index (χ3n) is 5.93. The predicted molar refractivity (Wildman–Crippen MR) is 119 cm³/mol. The van der Waals surface area contributed by atoms with Gasteiger partial charge in [0, 0.05) is 17.1 Å². The first-order valence-corrected chi connectivity index (χ1v) is 12.0. The number of rotatable bonds is 2. The molecule has 4 aromatic rings. The van der Waals surface area contributed by atoms with E-state index < -0.39 is 38.8 Å². The van der Waals surface area contributed by atoms with Crippen molar-refractivity contribution in [3.63, 3.8) is 0 Å². The number of benzene rings is 2. The van der Waals surface area contributed by atoms with Gasteiger partial charge in [0.25, 0.3) is 0 Å². The lowest BCUT2D eigenvalue weighted by Gasteiger charge is -2.36. The minimum atomic E-state index is -4.80. The molecule has 0 radical (unpaired) electrons. The molecule has 0 bridgehead atoms. The number of nitrogens with zero attached hydrogens (tertiary/aromatic N) is 4. The normalized spacial score (nSPS) is 15.2. The molecule has 0 unspecified atom stereocenters. The first-order valence-electron chi connectivity index (χ1n) is 10.2. The van der Waals surface area contributed by atoms with E-state index in [1.165, 1.54) is 42.0 Å². The van der Waals surface area contributed by atoms with Crippen LogP contribution in [0.4, 0.5) is 23.2 Å². The zero-order chi connectivity index (χ0) is 24.8. The van der Waals surface area contributed by atoms with Gasteiger partial charge in [0.15, 0.2) is 11.6 Å². The van der Waals surface area contributed by atoms with Crippen LogP contribution < -0.4 is 5.32 Å². The molecule has 0 spiro atoms. The van der Waals surface area contributed by atoms with Crippen LogP contribution in [0.2, 0.25) is 0 Å². The molecule has 1 N–H and O–H groups in total. The van der Waals surface area contributed by atoms with E-state index in [0.29, 0.717) is 5.39 Å². The molecule has 2 aromatic heterocycles. The Morgan fingerprint density at radius 2 is 1.79 bits per heavy atom. The van der Waals surface area contributed by atoms with Gasteiger partial charge in [0.2, 0.25) is 10.0 Å². The molecule has 1 aliphatic rings. The highest BCUT2D eigenvalue weighted by atomic mass is 32.2. The molecule has 0 saturated carbocycles. The van der Waals surface area contributed by atoms with Gasteiger partial charge in [-0.15, -0.1) is 10.2 Å². The van der Waals surface area contributed by atoms with Crippen molar-refractivity contribution in [2.24, 2.45) is 0 Å². The number of aryl methyl sites for hydroxylation is 1. The van der Waals surface area contributed by atoms with Crippen molar-refractivity contribution < 1.29 is 26.0 Å². The Bertz CT molecular complexity index is 1600. The Labute approximate surface area is 192 Å². The number of aromatic nitrogens is 4. The maximum Gasteiger partial charge on any atom is 0.418 e. The van der Waals surface area contributed by atoms with E-state index in [-0.39, 0.29) is 34.0 Å². The number of nitrogens with one attached hydrogen (secondary N) is 1. The van der Waals surface area contributed by atoms with Crippen LogP contribution >= 0.6 is 0 Å². The fourth-order valence-electron chi connectivity index (χ4n) is 4.47. The molecule has 3 heterocycles. The van der Waals surface area contributed by atoms with Crippen LogP contribution in [0.5, 0.6) is 0 Å². The Morgan fingerprint density at radius 3 is 2.44 bits per heavy atom. The maximum atomic E-state index is 16.2. The van der Waals surface area contributed by atoms with E-state index in [2.05, 4.69) is 15.5 Å². The highest BCUT2D eigenvalue weighted by Crippen LogP contribution is 2.48. The van der Waals surface area contributed by atoms with E-state index in [1.54, 1.807) is 13.8 Å². The monoisotopic (exact) mass is 493 g/mol. The summed E-state index contributed by atoms with van der Waals surface area (Å²) in [6, 6.07) is 6.64. The fraction of sp³-hybridized carbons (Fsp3) is 0.273. The van der Waals surface area contributed by atoms with Crippen molar-refractivity contribution in [2.75, 3.05) is 11.6 Å². The van der Waals surface area contributed by atoms with Crippen molar-refractivity contribution in [3.05, 3.63) is 59.6 Å². The highest BCUT2D eigenvalue weighted by Gasteiger charge is 2.43. The summed E-state index contributed by atoms with van der Waals surface area (Å²) in [5, 5.41) is 11.1. The zero-order valence-corrected chi connectivity index (χ0v) is 19.3. The number of hydrogen-bond donors (Lipinski definition) is 1. The van der Waals surface area contributed by atoms with Gasteiger partial charge in [-0.3, -0.25) is 4.57 Å². The number of alkyl halides is 3. The van der Waals surface area contributed by atoms with Gasteiger partial charge < -0.3 is 5.32 Å². The Hall–Kier alpha value is -3.41. The van der Waals surface area contributed by atoms with Crippen molar-refractivity contribution in [1.29, 1.82) is 0 Å². The van der Waals surface area contributed by atoms with Crippen LogP contribution in [-0.2, 0) is 21.7 Å². The minimum absolute atomic E-state index is 0.128. The molecule has 34 heavy (non-hydrogen) atoms. The second-order valence-corrected chi connectivity index (χ2v) is 10.6. The lowest BCUT2D eigenvalue weighted by Crippen LogP contribution is -2.37. The second kappa shape index (κ2) is 6.81. The molecule has 0 fully saturated rings. The maximum absolute atomic E-state index is 16.2. The van der Waals surface area contributed by atoms with Gasteiger partial charge in [-0.1, -0.05) is 12.1 Å². The van der Waals surface area contributed by atoms with Crippen LogP contribution in [0.1, 0.15) is 31.1 Å². The Kier molecular flexibility index (Phi) is 4.48. The molecule has 12 heteroatoms. The molecule has 178 valence electrons. The summed E-state index contributed by atoms with van der Waals surface area (Å²) in [6.07, 6.45) is -2.51. The lowest BCUT2D eigenvalue weighted by atomic mass is 9.92. The SMILES string of the molecule is Cc1nnc2n1-c1c(F)c(-c3cccc4c3ccn4S(C)(=O)=O)cc(C(F)(F)F)c1NC2(C)C. The molecule has 0 aliphatic carbocycles. The van der Waals surface area contributed by atoms with E-state index in [1.807, 2.05) is 0 Å². The molecule has 0 amide bonds. The van der Waals surface area contributed by atoms with Gasteiger partial charge in [0.1, 0.15) is 11.5 Å². The molecule has 0 saturated heterocycles. The van der Waals surface area contributed by atoms with Crippen molar-refractivity contribution in [2.45, 2.75) is 32.5 Å². The average Bonchev–Trinajstić information content (AvgIpc) is 3.31. The molecular formula is C22H19F4N5O2S. The molecular weight excluding hydrogens is 474 g/mol. The summed E-state index contributed by atoms with van der Waals surface area (Å²) < 4.78 is 85.4. The van der Waals surface area contributed by atoms with Gasteiger partial charge >= 0.3 is 6.18 Å². The molecule has 7 nitrogen and oxygen atoms in total. The Balaban J connectivity index is 1.90. The van der Waals surface area contributed by atoms with E-state index in [0.717, 1.165) is 16.3 Å². The van der Waals surface area contributed by atoms with Crippen LogP contribution in [0, 0.1) is 12.7 Å². The van der Waals surface area contributed by atoms with Gasteiger partial charge in [0.05, 0.1) is 28.6 Å². The lowest BCUT2D eigenvalue weighted by molar-refractivity contribution is -0.137. The fourth-order valence-corrected chi connectivity index (χ4v) is 5.27. The highest BCUT2D eigenvalue weighted by molar-refractivity contribution is 7.89. The number of halogens is 4. The van der Waals surface area contributed by atoms with Crippen molar-refractivity contribution in [1.82, 2.24) is 18.7 Å². The summed E-state index contributed by atoms with van der Waals surface area (Å²) in [7, 11) is -3.68. The van der Waals surface area contributed by atoms with Gasteiger partial charge in [-0.2, -0.15) is 13.2 Å². The first-order chi connectivity index (χ1) is 15.7. The molecule has 2 aromatic carbocycles. The van der Waals surface area contributed by atoms with Crippen LogP contribution in [0.15, 0.2) is 36.5 Å². The van der Waals surface area contributed by atoms with Crippen molar-refractivity contribution >= 4 is 26.6 Å². The predicted octanol–water partition coefficient (Wildman–Crippen LogP) is 4.82. The number of hydrogen-bond acceptors (Lipinski definition) is 5. The standard InChI is InChI=1S/C22H19F4N5O2S/c1-11-28-29-20-21(2,3)27-18-15(22(24,25)26)10-14(17(23)19(18)31(11)20)12-6-5-7-16-13(12)8-9-30(16)34(4,32)33/h5-10,27H,1-4H3. The average molecular weight is 493 g/mol. The zero-order valence-electron chi connectivity index (χ0n) is 18.5. The molecule has 5 rings (SSSR count). The van der Waals surface area contributed by atoms with Crippen LogP contribution in [0.3, 0.4) is 0 Å². The largest absolute Gasteiger partial charge is 0.418 e. The van der Waals surface area contributed by atoms with Crippen molar-refractivity contribution in [3.8, 4) is 16.8 Å². The van der Waals surface area contributed by atoms with E-state index in [9.17, 15) is 21.6 Å². The minimum Gasteiger partial charge on any atom is -0.371 e. The first kappa shape index (κ1) is 22.4. The van der Waals surface area contributed by atoms with E-state index in [4.69, 9.17) is 0 Å². The molecule has 0 atom stereocenters. The molecule has 1 aliphatic heterocycles. The summed E-state index contributed by atoms with van der Waals surface area (Å²) in [5.74, 6) is -0.408. The van der Waals surface area contributed by atoms with Gasteiger partial charge in [-0.05, 0) is 44.5 Å². The third kappa shape index (κ3) is 3.11. The Morgan fingerprint density at radius 1 is 1.09 bits per heavy atom. The summed E-state index contributed by atoms with van der Waals surface area (Å²) in [5.41, 5.74) is -2.80. The summed E-state index contributed by atoms with van der Waals surface area (Å²) >= 11 is 0. The topological polar surface area (TPSA) is 81.8 Å². The van der Waals surface area contributed by atoms with Crippen LogP contribution in [0.25, 0.3) is 27.7 Å². The second-order valence-electron chi connectivity index (χ2n) is 8.78. The number of fused-ring (bicyclic) bond motifs is 4.